The molecule has 0 saturated heterocycles. The van der Waals surface area contributed by atoms with Crippen LogP contribution < -0.4 is 5.73 Å². The molecule has 0 amide bonds. The first-order chi connectivity index (χ1) is 9.63. The molecule has 0 saturated carbocycles. The van der Waals surface area contributed by atoms with Gasteiger partial charge in [0, 0.05) is 33.7 Å². The van der Waals surface area contributed by atoms with E-state index >= 15 is 0 Å². The predicted octanol–water partition coefficient (Wildman–Crippen LogP) is 4.45. The van der Waals surface area contributed by atoms with Crippen LogP contribution in [0.3, 0.4) is 0 Å². The lowest BCUT2D eigenvalue weighted by Gasteiger charge is -2.07. The topological polar surface area (TPSA) is 35.2 Å². The van der Waals surface area contributed by atoms with Crippen LogP contribution in [0, 0.1) is 11.7 Å². The maximum atomic E-state index is 14.0. The van der Waals surface area contributed by atoms with E-state index in [1.165, 1.54) is 6.07 Å². The van der Waals surface area contributed by atoms with Gasteiger partial charge in [0.15, 0.2) is 0 Å². The SMILES string of the molecule is CC(C)CCCOCc1c(CN)sc2cccc(F)c12. The Bertz CT molecular complexity index is 565. The molecule has 0 unspecified atom stereocenters. The Labute approximate surface area is 123 Å². The summed E-state index contributed by atoms with van der Waals surface area (Å²) in [5.74, 6) is 0.511. The number of ether oxygens (including phenoxy) is 1. The predicted molar refractivity (Wildman–Crippen MR) is 83.4 cm³/mol. The van der Waals surface area contributed by atoms with Gasteiger partial charge in [0.2, 0.25) is 0 Å². The lowest BCUT2D eigenvalue weighted by molar-refractivity contribution is 0.115. The van der Waals surface area contributed by atoms with Crippen molar-refractivity contribution >= 4 is 21.4 Å². The van der Waals surface area contributed by atoms with Gasteiger partial charge in [-0.15, -0.1) is 11.3 Å². The van der Waals surface area contributed by atoms with E-state index in [0.717, 1.165) is 28.0 Å². The molecule has 0 bridgehead atoms. The quantitative estimate of drug-likeness (QED) is 0.766. The second kappa shape index (κ2) is 7.16. The van der Waals surface area contributed by atoms with Gasteiger partial charge in [-0.25, -0.2) is 4.39 Å². The molecule has 1 aromatic heterocycles. The van der Waals surface area contributed by atoms with Gasteiger partial charge in [0.05, 0.1) is 6.61 Å². The van der Waals surface area contributed by atoms with Crippen molar-refractivity contribution in [1.82, 2.24) is 0 Å². The van der Waals surface area contributed by atoms with E-state index < -0.39 is 0 Å². The zero-order valence-corrected chi connectivity index (χ0v) is 12.9. The average Bonchev–Trinajstić information content (AvgIpc) is 2.77. The van der Waals surface area contributed by atoms with Crippen LogP contribution in [0.2, 0.25) is 0 Å². The molecule has 0 atom stereocenters. The maximum Gasteiger partial charge on any atom is 0.132 e. The molecule has 0 fully saturated rings. The lowest BCUT2D eigenvalue weighted by atomic mass is 10.1. The normalized spacial score (nSPS) is 11.7. The molecule has 4 heteroatoms. The van der Waals surface area contributed by atoms with Gasteiger partial charge in [-0.3, -0.25) is 0 Å². The Morgan fingerprint density at radius 1 is 1.35 bits per heavy atom. The van der Waals surface area contributed by atoms with Gasteiger partial charge < -0.3 is 10.5 Å². The molecule has 2 rings (SSSR count). The number of rotatable bonds is 7. The van der Waals surface area contributed by atoms with Crippen LogP contribution in [-0.4, -0.2) is 6.61 Å². The first kappa shape index (κ1) is 15.4. The molecule has 110 valence electrons. The summed E-state index contributed by atoms with van der Waals surface area (Å²) in [5.41, 5.74) is 6.69. The molecule has 1 aromatic carbocycles. The average molecular weight is 295 g/mol. The molecular formula is C16H22FNOS. The molecular weight excluding hydrogens is 273 g/mol. The molecule has 2 nitrogen and oxygen atoms in total. The Hall–Kier alpha value is -0.970. The molecule has 2 N–H and O–H groups in total. The first-order valence-corrected chi connectivity index (χ1v) is 7.91. The van der Waals surface area contributed by atoms with E-state index in [4.69, 9.17) is 10.5 Å². The van der Waals surface area contributed by atoms with Crippen LogP contribution in [0.1, 0.15) is 37.1 Å². The zero-order chi connectivity index (χ0) is 14.5. The molecule has 0 aliphatic rings. The van der Waals surface area contributed by atoms with Gasteiger partial charge in [-0.2, -0.15) is 0 Å². The van der Waals surface area contributed by atoms with E-state index in [2.05, 4.69) is 13.8 Å². The number of nitrogens with two attached hydrogens (primary N) is 1. The van der Waals surface area contributed by atoms with Gasteiger partial charge in [-0.1, -0.05) is 19.9 Å². The summed E-state index contributed by atoms with van der Waals surface area (Å²) in [6.45, 7) is 6.01. The molecule has 0 aliphatic heterocycles. The number of thiophene rings is 1. The summed E-state index contributed by atoms with van der Waals surface area (Å²) in [6.07, 6.45) is 2.20. The Morgan fingerprint density at radius 3 is 2.85 bits per heavy atom. The number of hydrogen-bond acceptors (Lipinski definition) is 3. The smallest absolute Gasteiger partial charge is 0.132 e. The van der Waals surface area contributed by atoms with Crippen LogP contribution in [0.15, 0.2) is 18.2 Å². The van der Waals surface area contributed by atoms with Crippen LogP contribution >= 0.6 is 11.3 Å². The van der Waals surface area contributed by atoms with Gasteiger partial charge in [0.1, 0.15) is 5.82 Å². The molecule has 0 radical (unpaired) electrons. The van der Waals surface area contributed by atoms with Crippen LogP contribution in [0.5, 0.6) is 0 Å². The minimum Gasteiger partial charge on any atom is -0.377 e. The van der Waals surface area contributed by atoms with Crippen molar-refractivity contribution in [2.24, 2.45) is 11.7 Å². The Balaban J connectivity index is 2.08. The second-order valence-electron chi connectivity index (χ2n) is 5.41. The van der Waals surface area contributed by atoms with E-state index in [1.54, 1.807) is 17.4 Å². The van der Waals surface area contributed by atoms with Gasteiger partial charge in [-0.05, 0) is 30.9 Å². The summed E-state index contributed by atoms with van der Waals surface area (Å²) in [7, 11) is 0. The van der Waals surface area contributed by atoms with E-state index in [0.29, 0.717) is 31.1 Å². The summed E-state index contributed by atoms with van der Waals surface area (Å²) >= 11 is 1.56. The van der Waals surface area contributed by atoms with Crippen molar-refractivity contribution in [2.75, 3.05) is 6.61 Å². The minimum absolute atomic E-state index is 0.181. The molecule has 2 aromatic rings. The summed E-state index contributed by atoms with van der Waals surface area (Å²) < 4.78 is 20.7. The largest absolute Gasteiger partial charge is 0.377 e. The third-order valence-corrected chi connectivity index (χ3v) is 4.57. The first-order valence-electron chi connectivity index (χ1n) is 7.10. The molecule has 0 aliphatic carbocycles. The summed E-state index contributed by atoms with van der Waals surface area (Å²) in [6, 6.07) is 5.17. The zero-order valence-electron chi connectivity index (χ0n) is 12.1. The minimum atomic E-state index is -0.181. The highest BCUT2D eigenvalue weighted by molar-refractivity contribution is 7.19. The van der Waals surface area contributed by atoms with Crippen LogP contribution in [-0.2, 0) is 17.9 Å². The fourth-order valence-corrected chi connectivity index (χ4v) is 3.40. The highest BCUT2D eigenvalue weighted by atomic mass is 32.1. The molecule has 0 spiro atoms. The number of benzene rings is 1. The maximum absolute atomic E-state index is 14.0. The number of hydrogen-bond donors (Lipinski definition) is 1. The standard InChI is InChI=1S/C16H22FNOS/c1-11(2)5-4-8-19-10-12-15(9-18)20-14-7-3-6-13(17)16(12)14/h3,6-7,11H,4-5,8-10,18H2,1-2H3. The van der Waals surface area contributed by atoms with Crippen molar-refractivity contribution in [3.05, 3.63) is 34.5 Å². The van der Waals surface area contributed by atoms with E-state index in [9.17, 15) is 4.39 Å². The van der Waals surface area contributed by atoms with Crippen LogP contribution in [0.25, 0.3) is 10.1 Å². The Kier molecular flexibility index (Phi) is 5.52. The van der Waals surface area contributed by atoms with Gasteiger partial charge >= 0.3 is 0 Å². The van der Waals surface area contributed by atoms with Crippen molar-refractivity contribution in [3.63, 3.8) is 0 Å². The number of halogens is 1. The van der Waals surface area contributed by atoms with E-state index in [-0.39, 0.29) is 5.82 Å². The lowest BCUT2D eigenvalue weighted by Crippen LogP contribution is -2.02. The summed E-state index contributed by atoms with van der Waals surface area (Å²) in [5, 5.41) is 0.682. The molecule has 1 heterocycles. The van der Waals surface area contributed by atoms with Crippen molar-refractivity contribution in [2.45, 2.75) is 39.8 Å². The van der Waals surface area contributed by atoms with Crippen molar-refractivity contribution in [1.29, 1.82) is 0 Å². The third-order valence-electron chi connectivity index (χ3n) is 3.35. The fourth-order valence-electron chi connectivity index (χ4n) is 2.30. The fraction of sp³-hybridized carbons (Fsp3) is 0.500. The van der Waals surface area contributed by atoms with Crippen LogP contribution in [0.4, 0.5) is 4.39 Å². The molecule has 20 heavy (non-hydrogen) atoms. The summed E-state index contributed by atoms with van der Waals surface area (Å²) in [4.78, 5) is 1.02. The number of fused-ring (bicyclic) bond motifs is 1. The Morgan fingerprint density at radius 2 is 2.15 bits per heavy atom. The second-order valence-corrected chi connectivity index (χ2v) is 6.55. The highest BCUT2D eigenvalue weighted by Crippen LogP contribution is 2.33. The van der Waals surface area contributed by atoms with E-state index in [1.807, 2.05) is 6.07 Å². The van der Waals surface area contributed by atoms with Gasteiger partial charge in [0.25, 0.3) is 0 Å². The highest BCUT2D eigenvalue weighted by Gasteiger charge is 2.14. The van der Waals surface area contributed by atoms with Crippen molar-refractivity contribution in [3.8, 4) is 0 Å². The van der Waals surface area contributed by atoms with Crippen molar-refractivity contribution < 1.29 is 9.13 Å². The monoisotopic (exact) mass is 295 g/mol. The third kappa shape index (κ3) is 3.57.